The molecule has 0 saturated heterocycles. The minimum atomic E-state index is -1.85. The minimum Gasteiger partial charge on any atom is -0.439 e. The molecule has 4 nitrogen and oxygen atoms in total. The first-order chi connectivity index (χ1) is 6.97. The van der Waals surface area contributed by atoms with Crippen LogP contribution in [0.25, 0.3) is 0 Å². The molecular formula is C8H12Cl3NO3. The largest absolute Gasteiger partial charge is 0.439 e. The molecule has 0 rings (SSSR count). The Morgan fingerprint density at radius 3 is 2.33 bits per heavy atom. The van der Waals surface area contributed by atoms with Gasteiger partial charge in [0.05, 0.1) is 0 Å². The molecule has 0 aromatic rings. The maximum atomic E-state index is 10.7. The molecule has 88 valence electrons. The molecule has 1 unspecified atom stereocenters. The fourth-order valence-corrected chi connectivity index (χ4v) is 1.49. The molecule has 1 amide bonds. The van der Waals surface area contributed by atoms with Crippen molar-refractivity contribution in [1.82, 2.24) is 4.90 Å². The SMILES string of the molecule is CCCCN(C=O)C(OC=O)C(Cl)(Cl)Cl. The van der Waals surface area contributed by atoms with E-state index in [1.807, 2.05) is 6.92 Å². The summed E-state index contributed by atoms with van der Waals surface area (Å²) in [6.07, 6.45) is 0.908. The zero-order chi connectivity index (χ0) is 11.9. The number of amides is 1. The van der Waals surface area contributed by atoms with Crippen LogP contribution in [-0.4, -0.2) is 34.3 Å². The zero-order valence-electron chi connectivity index (χ0n) is 8.16. The Hall–Kier alpha value is -0.190. The lowest BCUT2D eigenvalue weighted by atomic mass is 10.3. The highest BCUT2D eigenvalue weighted by molar-refractivity contribution is 6.68. The Kier molecular flexibility index (Phi) is 7.05. The number of nitrogens with zero attached hydrogens (tertiary/aromatic N) is 1. The molecule has 0 aliphatic heterocycles. The molecular weight excluding hydrogens is 264 g/mol. The van der Waals surface area contributed by atoms with Crippen LogP contribution in [0, 0.1) is 0 Å². The van der Waals surface area contributed by atoms with Gasteiger partial charge in [0.15, 0.2) is 0 Å². The second-order valence-electron chi connectivity index (χ2n) is 2.82. The highest BCUT2D eigenvalue weighted by Crippen LogP contribution is 2.33. The Labute approximate surface area is 103 Å². The molecule has 1 atom stereocenters. The zero-order valence-corrected chi connectivity index (χ0v) is 10.4. The number of carbonyl (C=O) groups excluding carboxylic acids is 2. The van der Waals surface area contributed by atoms with Crippen LogP contribution in [0.2, 0.25) is 0 Å². The van der Waals surface area contributed by atoms with Gasteiger partial charge in [0.1, 0.15) is 0 Å². The summed E-state index contributed by atoms with van der Waals surface area (Å²) in [4.78, 5) is 22.1. The van der Waals surface area contributed by atoms with E-state index < -0.39 is 10.0 Å². The van der Waals surface area contributed by atoms with Crippen LogP contribution in [0.3, 0.4) is 0 Å². The van der Waals surface area contributed by atoms with Crippen molar-refractivity contribution in [1.29, 1.82) is 0 Å². The van der Waals surface area contributed by atoms with Crippen LogP contribution in [0.4, 0.5) is 0 Å². The van der Waals surface area contributed by atoms with Crippen molar-refractivity contribution in [3.8, 4) is 0 Å². The van der Waals surface area contributed by atoms with Gasteiger partial charge in [0.2, 0.25) is 16.4 Å². The van der Waals surface area contributed by atoms with Crippen molar-refractivity contribution in [2.45, 2.75) is 29.8 Å². The smallest absolute Gasteiger partial charge is 0.295 e. The van der Waals surface area contributed by atoms with E-state index in [2.05, 4.69) is 4.74 Å². The minimum absolute atomic E-state index is 0.148. The molecule has 0 heterocycles. The number of unbranched alkanes of at least 4 members (excludes halogenated alkanes) is 1. The molecule has 0 radical (unpaired) electrons. The lowest BCUT2D eigenvalue weighted by molar-refractivity contribution is -0.147. The van der Waals surface area contributed by atoms with E-state index in [0.29, 0.717) is 13.0 Å². The topological polar surface area (TPSA) is 46.6 Å². The van der Waals surface area contributed by atoms with Gasteiger partial charge in [0.25, 0.3) is 6.47 Å². The van der Waals surface area contributed by atoms with Crippen LogP contribution in [0.1, 0.15) is 19.8 Å². The number of hydrogen-bond acceptors (Lipinski definition) is 3. The van der Waals surface area contributed by atoms with Gasteiger partial charge in [-0.05, 0) is 6.42 Å². The first-order valence-electron chi connectivity index (χ1n) is 4.34. The highest BCUT2D eigenvalue weighted by Gasteiger charge is 2.38. The highest BCUT2D eigenvalue weighted by atomic mass is 35.6. The first-order valence-corrected chi connectivity index (χ1v) is 5.47. The summed E-state index contributed by atoms with van der Waals surface area (Å²) in [6, 6.07) is 0. The van der Waals surface area contributed by atoms with Crippen molar-refractivity contribution in [2.75, 3.05) is 6.54 Å². The number of alkyl halides is 3. The average molecular weight is 277 g/mol. The maximum Gasteiger partial charge on any atom is 0.295 e. The molecule has 15 heavy (non-hydrogen) atoms. The van der Waals surface area contributed by atoms with E-state index in [-0.39, 0.29) is 6.47 Å². The van der Waals surface area contributed by atoms with Gasteiger partial charge in [-0.2, -0.15) is 0 Å². The normalized spacial score (nSPS) is 13.1. The van der Waals surface area contributed by atoms with Crippen LogP contribution >= 0.6 is 34.8 Å². The van der Waals surface area contributed by atoms with Crippen LogP contribution < -0.4 is 0 Å². The van der Waals surface area contributed by atoms with Gasteiger partial charge in [-0.3, -0.25) is 9.59 Å². The summed E-state index contributed by atoms with van der Waals surface area (Å²) in [5.41, 5.74) is 0. The fourth-order valence-electron chi connectivity index (χ4n) is 0.962. The summed E-state index contributed by atoms with van der Waals surface area (Å²) in [5, 5.41) is 0. The first kappa shape index (κ1) is 14.8. The molecule has 0 aromatic heterocycles. The van der Waals surface area contributed by atoms with E-state index in [9.17, 15) is 9.59 Å². The number of rotatable bonds is 7. The summed E-state index contributed by atoms with van der Waals surface area (Å²) in [6.45, 7) is 2.47. The predicted molar refractivity (Wildman–Crippen MR) is 58.9 cm³/mol. The van der Waals surface area contributed by atoms with Gasteiger partial charge in [-0.1, -0.05) is 48.1 Å². The third-order valence-corrected chi connectivity index (χ3v) is 2.23. The van der Waals surface area contributed by atoms with E-state index in [4.69, 9.17) is 34.8 Å². The average Bonchev–Trinajstić information content (AvgIpc) is 2.15. The van der Waals surface area contributed by atoms with E-state index in [1.165, 1.54) is 0 Å². The molecule has 0 fully saturated rings. The van der Waals surface area contributed by atoms with Crippen molar-refractivity contribution in [2.24, 2.45) is 0 Å². The Morgan fingerprint density at radius 1 is 1.40 bits per heavy atom. The Bertz CT molecular complexity index is 208. The molecule has 7 heteroatoms. The molecule has 0 bridgehead atoms. The number of carbonyl (C=O) groups is 2. The van der Waals surface area contributed by atoms with Crippen molar-refractivity contribution < 1.29 is 14.3 Å². The van der Waals surface area contributed by atoms with Crippen LogP contribution in [0.15, 0.2) is 0 Å². The molecule has 0 spiro atoms. The number of halogens is 3. The molecule has 0 N–H and O–H groups in total. The molecule has 0 saturated carbocycles. The molecule has 0 aromatic carbocycles. The summed E-state index contributed by atoms with van der Waals surface area (Å²) in [7, 11) is 0. The lowest BCUT2D eigenvalue weighted by Gasteiger charge is -2.31. The van der Waals surface area contributed by atoms with Crippen molar-refractivity contribution >= 4 is 47.7 Å². The van der Waals surface area contributed by atoms with Crippen molar-refractivity contribution in [3.05, 3.63) is 0 Å². The third-order valence-electron chi connectivity index (χ3n) is 1.67. The van der Waals surface area contributed by atoms with Crippen molar-refractivity contribution in [3.63, 3.8) is 0 Å². The standard InChI is InChI=1S/C8H12Cl3NO3/c1-2-3-4-12(5-13)7(15-6-14)8(9,10)11/h5-7H,2-4H2,1H3. The van der Waals surface area contributed by atoms with Gasteiger partial charge in [0, 0.05) is 6.54 Å². The Balaban J connectivity index is 4.54. The lowest BCUT2D eigenvalue weighted by Crippen LogP contribution is -2.45. The van der Waals surface area contributed by atoms with E-state index in [1.54, 1.807) is 0 Å². The monoisotopic (exact) mass is 275 g/mol. The van der Waals surface area contributed by atoms with Crippen LogP contribution in [0.5, 0.6) is 0 Å². The summed E-state index contributed by atoms with van der Waals surface area (Å²) in [5.74, 6) is 0. The maximum absolute atomic E-state index is 10.7. The van der Waals surface area contributed by atoms with Gasteiger partial charge in [-0.15, -0.1) is 0 Å². The van der Waals surface area contributed by atoms with E-state index in [0.717, 1.165) is 17.7 Å². The van der Waals surface area contributed by atoms with E-state index >= 15 is 0 Å². The summed E-state index contributed by atoms with van der Waals surface area (Å²) >= 11 is 16.7. The van der Waals surface area contributed by atoms with Gasteiger partial charge in [-0.25, -0.2) is 0 Å². The molecule has 0 aliphatic carbocycles. The van der Waals surface area contributed by atoms with Gasteiger partial charge >= 0.3 is 0 Å². The summed E-state index contributed by atoms with van der Waals surface area (Å²) < 4.78 is 2.72. The van der Waals surface area contributed by atoms with Gasteiger partial charge < -0.3 is 9.64 Å². The second-order valence-corrected chi connectivity index (χ2v) is 5.19. The number of ether oxygens (including phenoxy) is 1. The molecule has 0 aliphatic rings. The third kappa shape index (κ3) is 5.44. The quantitative estimate of drug-likeness (QED) is 0.406. The fraction of sp³-hybridized carbons (Fsp3) is 0.750. The predicted octanol–water partition coefficient (Wildman–Crippen LogP) is 2.11. The van der Waals surface area contributed by atoms with Crippen LogP contribution in [-0.2, 0) is 14.3 Å². The second kappa shape index (κ2) is 7.14. The number of hydrogen-bond donors (Lipinski definition) is 0. The Morgan fingerprint density at radius 2 is 2.00 bits per heavy atom.